The van der Waals surface area contributed by atoms with Crippen molar-refractivity contribution in [3.05, 3.63) is 18.7 Å². The maximum atomic E-state index is 8.83. The van der Waals surface area contributed by atoms with Crippen molar-refractivity contribution in [2.24, 2.45) is 0 Å². The molecule has 0 aliphatic rings. The molecular formula is C4H4N4O. The highest BCUT2D eigenvalue weighted by Crippen LogP contribution is 1.95. The van der Waals surface area contributed by atoms with E-state index in [1.807, 2.05) is 0 Å². The Bertz CT molecular complexity index is 322. The summed E-state index contributed by atoms with van der Waals surface area (Å²) in [6.07, 6.45) is 4.61. The molecule has 5 nitrogen and oxygen atoms in total. The molecule has 0 radical (unpaired) electrons. The van der Waals surface area contributed by atoms with Crippen molar-refractivity contribution in [3.63, 3.8) is 0 Å². The highest BCUT2D eigenvalue weighted by Gasteiger charge is 1.95. The lowest BCUT2D eigenvalue weighted by Gasteiger charge is -1.85. The Balaban J connectivity index is 2.99. The van der Waals surface area contributed by atoms with Gasteiger partial charge in [0.15, 0.2) is 0 Å². The van der Waals surface area contributed by atoms with Crippen molar-refractivity contribution < 1.29 is 5.21 Å². The quantitative estimate of drug-likeness (QED) is 0.493. The number of nitrogens with zero attached hydrogens (tertiary/aromatic N) is 4. The van der Waals surface area contributed by atoms with Gasteiger partial charge in [-0.2, -0.15) is 4.52 Å². The zero-order valence-electron chi connectivity index (χ0n) is 4.47. The van der Waals surface area contributed by atoms with Gasteiger partial charge in [0.05, 0.1) is 12.4 Å². The summed E-state index contributed by atoms with van der Waals surface area (Å²) in [7, 11) is 0. The lowest BCUT2D eigenvalue weighted by Crippen LogP contribution is -1.99. The SMILES string of the molecule is On1ncc2cncn21. The third-order valence-corrected chi connectivity index (χ3v) is 1.13. The monoisotopic (exact) mass is 124 g/mol. The number of hydrogen-bond acceptors (Lipinski definition) is 3. The number of imidazole rings is 1. The fourth-order valence-corrected chi connectivity index (χ4v) is 0.707. The molecule has 2 aromatic rings. The summed E-state index contributed by atoms with van der Waals surface area (Å²) in [5.41, 5.74) is 0.775. The molecular weight excluding hydrogens is 120 g/mol. The first kappa shape index (κ1) is 4.37. The number of rotatable bonds is 0. The van der Waals surface area contributed by atoms with Crippen LogP contribution in [0.5, 0.6) is 0 Å². The Morgan fingerprint density at radius 2 is 2.33 bits per heavy atom. The van der Waals surface area contributed by atoms with Gasteiger partial charge >= 0.3 is 0 Å². The molecule has 0 amide bonds. The molecule has 0 aliphatic carbocycles. The minimum absolute atomic E-state index is 0.725. The van der Waals surface area contributed by atoms with Crippen LogP contribution in [0.25, 0.3) is 5.52 Å². The van der Waals surface area contributed by atoms with Crippen LogP contribution < -0.4 is 0 Å². The Labute approximate surface area is 50.1 Å². The minimum atomic E-state index is 0.725. The second-order valence-electron chi connectivity index (χ2n) is 1.68. The highest BCUT2D eigenvalue weighted by molar-refractivity contribution is 5.39. The molecule has 2 aromatic heterocycles. The van der Waals surface area contributed by atoms with Crippen LogP contribution in [0.2, 0.25) is 0 Å². The van der Waals surface area contributed by atoms with Crippen molar-refractivity contribution in [2.75, 3.05) is 0 Å². The summed E-state index contributed by atoms with van der Waals surface area (Å²) in [5, 5.41) is 12.4. The van der Waals surface area contributed by atoms with Gasteiger partial charge in [0.25, 0.3) is 0 Å². The van der Waals surface area contributed by atoms with Gasteiger partial charge in [-0.3, -0.25) is 0 Å². The van der Waals surface area contributed by atoms with E-state index in [-0.39, 0.29) is 0 Å². The summed E-state index contributed by atoms with van der Waals surface area (Å²) in [6.45, 7) is 0. The van der Waals surface area contributed by atoms with Crippen LogP contribution in [-0.4, -0.2) is 24.8 Å². The average molecular weight is 124 g/mol. The predicted octanol–water partition coefficient (Wildman–Crippen LogP) is -0.232. The van der Waals surface area contributed by atoms with Gasteiger partial charge in [-0.15, -0.1) is 5.10 Å². The smallest absolute Gasteiger partial charge is 0.120 e. The first-order chi connectivity index (χ1) is 4.38. The van der Waals surface area contributed by atoms with Crippen LogP contribution in [0.3, 0.4) is 0 Å². The van der Waals surface area contributed by atoms with Gasteiger partial charge < -0.3 is 5.21 Å². The van der Waals surface area contributed by atoms with E-state index in [1.165, 1.54) is 17.0 Å². The predicted molar refractivity (Wildman–Crippen MR) is 28.2 cm³/mol. The standard InChI is InChI=1S/C4H4N4O/c9-8-6-2-4-1-5-3-7(4)8/h1-3,9H. The van der Waals surface area contributed by atoms with Crippen LogP contribution in [0.15, 0.2) is 18.7 Å². The molecule has 0 unspecified atom stereocenters. The minimum Gasteiger partial charge on any atom is -0.397 e. The number of aromatic nitrogens is 4. The zero-order chi connectivity index (χ0) is 6.27. The van der Waals surface area contributed by atoms with Crippen molar-refractivity contribution in [1.82, 2.24) is 19.6 Å². The number of hydrogen-bond donors (Lipinski definition) is 1. The summed E-state index contributed by atoms with van der Waals surface area (Å²) >= 11 is 0. The van der Waals surface area contributed by atoms with Crippen LogP contribution in [0, 0.1) is 0 Å². The molecule has 46 valence electrons. The Kier molecular flexibility index (Phi) is 0.606. The molecule has 0 bridgehead atoms. The van der Waals surface area contributed by atoms with E-state index in [1.54, 1.807) is 6.20 Å². The van der Waals surface area contributed by atoms with Crippen molar-refractivity contribution in [3.8, 4) is 0 Å². The van der Waals surface area contributed by atoms with E-state index in [4.69, 9.17) is 5.21 Å². The molecule has 0 saturated heterocycles. The summed E-state index contributed by atoms with van der Waals surface area (Å²) in [4.78, 5) is 4.49. The van der Waals surface area contributed by atoms with E-state index in [0.717, 1.165) is 10.5 Å². The Hall–Kier alpha value is -1.52. The first-order valence-electron chi connectivity index (χ1n) is 2.43. The van der Waals surface area contributed by atoms with Crippen LogP contribution in [0.1, 0.15) is 0 Å². The fourth-order valence-electron chi connectivity index (χ4n) is 0.707. The largest absolute Gasteiger partial charge is 0.397 e. The van der Waals surface area contributed by atoms with Gasteiger partial charge in [-0.05, 0) is 4.96 Å². The molecule has 0 spiro atoms. The lowest BCUT2D eigenvalue weighted by atomic mass is 10.7. The Morgan fingerprint density at radius 3 is 3.11 bits per heavy atom. The van der Waals surface area contributed by atoms with Crippen LogP contribution in [-0.2, 0) is 0 Å². The molecule has 2 heterocycles. The van der Waals surface area contributed by atoms with Crippen LogP contribution >= 0.6 is 0 Å². The molecule has 9 heavy (non-hydrogen) atoms. The third kappa shape index (κ3) is 0.426. The van der Waals surface area contributed by atoms with E-state index in [2.05, 4.69) is 10.1 Å². The maximum absolute atomic E-state index is 8.83. The molecule has 0 atom stereocenters. The number of fused-ring (bicyclic) bond motifs is 1. The van der Waals surface area contributed by atoms with Gasteiger partial charge in [-0.25, -0.2) is 4.98 Å². The van der Waals surface area contributed by atoms with Gasteiger partial charge in [0.1, 0.15) is 11.8 Å². The van der Waals surface area contributed by atoms with Gasteiger partial charge in [0, 0.05) is 0 Å². The second kappa shape index (κ2) is 1.25. The first-order valence-corrected chi connectivity index (χ1v) is 2.43. The molecule has 5 heteroatoms. The van der Waals surface area contributed by atoms with Gasteiger partial charge in [0.2, 0.25) is 0 Å². The van der Waals surface area contributed by atoms with E-state index < -0.39 is 0 Å². The molecule has 0 saturated carbocycles. The summed E-state index contributed by atoms with van der Waals surface area (Å²) in [5.74, 6) is 0. The Morgan fingerprint density at radius 1 is 1.44 bits per heavy atom. The molecule has 0 fully saturated rings. The van der Waals surface area contributed by atoms with E-state index in [9.17, 15) is 0 Å². The third-order valence-electron chi connectivity index (χ3n) is 1.13. The topological polar surface area (TPSA) is 55.3 Å². The molecule has 1 N–H and O–H groups in total. The van der Waals surface area contributed by atoms with E-state index in [0.29, 0.717) is 0 Å². The van der Waals surface area contributed by atoms with E-state index >= 15 is 0 Å². The fraction of sp³-hybridized carbons (Fsp3) is 0. The highest BCUT2D eigenvalue weighted by atomic mass is 16.5. The molecule has 0 aromatic carbocycles. The molecule has 2 rings (SSSR count). The van der Waals surface area contributed by atoms with Gasteiger partial charge in [-0.1, -0.05) is 0 Å². The normalized spacial score (nSPS) is 10.7. The summed E-state index contributed by atoms with van der Waals surface area (Å²) in [6, 6.07) is 0. The lowest BCUT2D eigenvalue weighted by molar-refractivity contribution is 0.0989. The second-order valence-corrected chi connectivity index (χ2v) is 1.68. The van der Waals surface area contributed by atoms with Crippen molar-refractivity contribution in [2.45, 2.75) is 0 Å². The summed E-state index contributed by atoms with van der Waals surface area (Å²) < 4.78 is 1.42. The zero-order valence-corrected chi connectivity index (χ0v) is 4.47. The van der Waals surface area contributed by atoms with Crippen LogP contribution in [0.4, 0.5) is 0 Å². The average Bonchev–Trinajstić information content (AvgIpc) is 2.35. The van der Waals surface area contributed by atoms with Crippen molar-refractivity contribution >= 4 is 5.52 Å². The van der Waals surface area contributed by atoms with Crippen molar-refractivity contribution in [1.29, 1.82) is 0 Å². The maximum Gasteiger partial charge on any atom is 0.120 e. The molecule has 0 aliphatic heterocycles.